The van der Waals surface area contributed by atoms with Crippen LogP contribution in [-0.2, 0) is 19.6 Å². The Labute approximate surface area is 144 Å². The van der Waals surface area contributed by atoms with Gasteiger partial charge in [0.15, 0.2) is 0 Å². The fourth-order valence-corrected chi connectivity index (χ4v) is 3.12. The average molecular weight is 362 g/mol. The fraction of sp³-hybridized carbons (Fsp3) is 0. The highest BCUT2D eigenvalue weighted by molar-refractivity contribution is 7.89. The smallest absolute Gasteiger partial charge is 0.343 e. The standard InChI is InChI=1S/C17H12ClNO4S/c18-13-3-1-2-12(10-13)16(15-8-9-23-17(15)20)11-4-6-14(7-5-11)24(19,21)22/h1-10H,(H2,19,21,22). The predicted octanol–water partition coefficient (Wildman–Crippen LogP) is 2.86. The molecule has 2 N–H and O–H groups in total. The van der Waals surface area contributed by atoms with Gasteiger partial charge in [0.2, 0.25) is 10.0 Å². The minimum Gasteiger partial charge on any atom is -0.431 e. The number of primary sulfonamides is 1. The lowest BCUT2D eigenvalue weighted by Crippen LogP contribution is -2.12. The molecule has 0 saturated carbocycles. The summed E-state index contributed by atoms with van der Waals surface area (Å²) in [5, 5.41) is 5.63. The number of carbonyl (C=O) groups excluding carboxylic acids is 1. The molecule has 0 fully saturated rings. The third-order valence-electron chi connectivity index (χ3n) is 3.48. The number of esters is 1. The van der Waals surface area contributed by atoms with Crippen LogP contribution >= 0.6 is 11.6 Å². The van der Waals surface area contributed by atoms with Crippen molar-refractivity contribution in [3.63, 3.8) is 0 Å². The Morgan fingerprint density at radius 3 is 2.29 bits per heavy atom. The molecule has 0 aromatic heterocycles. The number of cyclic esters (lactones) is 1. The molecule has 0 aliphatic carbocycles. The molecule has 0 radical (unpaired) electrons. The first-order valence-corrected chi connectivity index (χ1v) is 8.80. The van der Waals surface area contributed by atoms with Gasteiger partial charge in [-0.05, 0) is 41.5 Å². The van der Waals surface area contributed by atoms with Crippen LogP contribution in [-0.4, -0.2) is 14.4 Å². The van der Waals surface area contributed by atoms with Crippen molar-refractivity contribution in [2.45, 2.75) is 4.90 Å². The van der Waals surface area contributed by atoms with Crippen LogP contribution in [0.25, 0.3) is 5.57 Å². The van der Waals surface area contributed by atoms with E-state index in [4.69, 9.17) is 21.5 Å². The zero-order valence-corrected chi connectivity index (χ0v) is 13.8. The molecule has 7 heteroatoms. The number of rotatable bonds is 3. The summed E-state index contributed by atoms with van der Waals surface area (Å²) in [5.41, 5.74) is 2.31. The van der Waals surface area contributed by atoms with Gasteiger partial charge < -0.3 is 4.74 Å². The van der Waals surface area contributed by atoms with E-state index in [0.29, 0.717) is 27.3 Å². The van der Waals surface area contributed by atoms with Gasteiger partial charge in [-0.25, -0.2) is 18.4 Å². The molecule has 1 heterocycles. The van der Waals surface area contributed by atoms with Crippen LogP contribution in [0, 0.1) is 0 Å². The van der Waals surface area contributed by atoms with Crippen LogP contribution in [0.4, 0.5) is 0 Å². The Kier molecular flexibility index (Phi) is 4.28. The summed E-state index contributed by atoms with van der Waals surface area (Å²) in [4.78, 5) is 12.0. The van der Waals surface area contributed by atoms with Crippen molar-refractivity contribution in [3.05, 3.63) is 82.6 Å². The monoisotopic (exact) mass is 361 g/mol. The number of nitrogens with two attached hydrogens (primary N) is 1. The topological polar surface area (TPSA) is 86.5 Å². The molecule has 122 valence electrons. The molecular formula is C17H12ClNO4S. The lowest BCUT2D eigenvalue weighted by atomic mass is 9.93. The quantitative estimate of drug-likeness (QED) is 0.672. The maximum absolute atomic E-state index is 12.0. The van der Waals surface area contributed by atoms with Crippen molar-refractivity contribution in [2.75, 3.05) is 0 Å². The summed E-state index contributed by atoms with van der Waals surface area (Å²) in [7, 11) is -3.79. The van der Waals surface area contributed by atoms with Gasteiger partial charge in [0.1, 0.15) is 0 Å². The molecule has 0 spiro atoms. The first-order valence-electron chi connectivity index (χ1n) is 6.87. The van der Waals surface area contributed by atoms with E-state index in [1.165, 1.54) is 18.4 Å². The normalized spacial score (nSPS) is 16.2. The molecule has 1 aliphatic rings. The van der Waals surface area contributed by atoms with Gasteiger partial charge in [-0.3, -0.25) is 0 Å². The number of hydrogen-bond donors (Lipinski definition) is 1. The Morgan fingerprint density at radius 1 is 1.04 bits per heavy atom. The van der Waals surface area contributed by atoms with E-state index in [-0.39, 0.29) is 4.90 Å². The minimum absolute atomic E-state index is 0.00812. The van der Waals surface area contributed by atoms with Gasteiger partial charge in [-0.15, -0.1) is 0 Å². The van der Waals surface area contributed by atoms with Gasteiger partial charge in [0.25, 0.3) is 0 Å². The van der Waals surface area contributed by atoms with E-state index in [0.717, 1.165) is 0 Å². The summed E-state index contributed by atoms with van der Waals surface area (Å²) in [6, 6.07) is 13.0. The van der Waals surface area contributed by atoms with Crippen LogP contribution in [0.5, 0.6) is 0 Å². The van der Waals surface area contributed by atoms with E-state index in [1.807, 2.05) is 0 Å². The summed E-state index contributed by atoms with van der Waals surface area (Å²) < 4.78 is 27.7. The second-order valence-electron chi connectivity index (χ2n) is 5.08. The van der Waals surface area contributed by atoms with Gasteiger partial charge in [-0.1, -0.05) is 35.9 Å². The summed E-state index contributed by atoms with van der Waals surface area (Å²) in [5.74, 6) is -0.486. The van der Waals surface area contributed by atoms with Crippen LogP contribution < -0.4 is 5.14 Å². The van der Waals surface area contributed by atoms with E-state index >= 15 is 0 Å². The number of ether oxygens (including phenoxy) is 1. The minimum atomic E-state index is -3.79. The van der Waals surface area contributed by atoms with Crippen molar-refractivity contribution < 1.29 is 17.9 Å². The van der Waals surface area contributed by atoms with E-state index in [9.17, 15) is 13.2 Å². The molecule has 1 aliphatic heterocycles. The van der Waals surface area contributed by atoms with Crippen molar-refractivity contribution in [1.82, 2.24) is 0 Å². The Morgan fingerprint density at radius 2 is 1.75 bits per heavy atom. The molecule has 0 bridgehead atoms. The average Bonchev–Trinajstić information content (AvgIpc) is 2.93. The zero-order valence-electron chi connectivity index (χ0n) is 12.3. The molecule has 0 amide bonds. The highest BCUT2D eigenvalue weighted by Gasteiger charge is 2.21. The zero-order chi connectivity index (χ0) is 17.3. The summed E-state index contributed by atoms with van der Waals surface area (Å²) in [6.45, 7) is 0. The first kappa shape index (κ1) is 16.4. The summed E-state index contributed by atoms with van der Waals surface area (Å²) >= 11 is 6.05. The molecule has 5 nitrogen and oxygen atoms in total. The Bertz CT molecular complexity index is 976. The second-order valence-corrected chi connectivity index (χ2v) is 7.07. The van der Waals surface area contributed by atoms with Gasteiger partial charge in [0, 0.05) is 10.6 Å². The lowest BCUT2D eigenvalue weighted by molar-refractivity contribution is -0.132. The number of benzene rings is 2. The Balaban J connectivity index is 2.20. The first-order chi connectivity index (χ1) is 11.4. The third kappa shape index (κ3) is 3.26. The molecule has 0 atom stereocenters. The lowest BCUT2D eigenvalue weighted by Gasteiger charge is -2.11. The van der Waals surface area contributed by atoms with Crippen LogP contribution in [0.15, 0.2) is 71.3 Å². The maximum atomic E-state index is 12.0. The summed E-state index contributed by atoms with van der Waals surface area (Å²) in [6.07, 6.45) is 2.87. The second kappa shape index (κ2) is 6.24. The van der Waals surface area contributed by atoms with Crippen molar-refractivity contribution in [2.24, 2.45) is 5.14 Å². The van der Waals surface area contributed by atoms with Gasteiger partial charge in [0.05, 0.1) is 16.7 Å². The van der Waals surface area contributed by atoms with Gasteiger partial charge >= 0.3 is 5.97 Å². The van der Waals surface area contributed by atoms with Crippen LogP contribution in [0.3, 0.4) is 0 Å². The van der Waals surface area contributed by atoms with Crippen molar-refractivity contribution >= 4 is 33.2 Å². The fourth-order valence-electron chi connectivity index (χ4n) is 2.41. The van der Waals surface area contributed by atoms with Crippen molar-refractivity contribution in [3.8, 4) is 0 Å². The molecular weight excluding hydrogens is 350 g/mol. The highest BCUT2D eigenvalue weighted by Crippen LogP contribution is 2.32. The van der Waals surface area contributed by atoms with E-state index in [2.05, 4.69) is 0 Å². The number of sulfonamides is 1. The van der Waals surface area contributed by atoms with Crippen molar-refractivity contribution in [1.29, 1.82) is 0 Å². The predicted molar refractivity (Wildman–Crippen MR) is 90.5 cm³/mol. The number of carbonyl (C=O) groups is 1. The number of halogens is 1. The Hall–Kier alpha value is -2.41. The highest BCUT2D eigenvalue weighted by atomic mass is 35.5. The largest absolute Gasteiger partial charge is 0.431 e. The molecule has 2 aromatic rings. The van der Waals surface area contributed by atoms with Crippen LogP contribution in [0.2, 0.25) is 5.02 Å². The molecule has 0 unspecified atom stereocenters. The molecule has 2 aromatic carbocycles. The SMILES string of the molecule is NS(=O)(=O)c1ccc(C(=C2C=COC2=O)c2cccc(Cl)c2)cc1. The number of hydrogen-bond acceptors (Lipinski definition) is 4. The van der Waals surface area contributed by atoms with Gasteiger partial charge in [-0.2, -0.15) is 0 Å². The maximum Gasteiger partial charge on any atom is 0.343 e. The third-order valence-corrected chi connectivity index (χ3v) is 4.65. The molecule has 24 heavy (non-hydrogen) atoms. The molecule has 0 saturated heterocycles. The van der Waals surface area contributed by atoms with E-state index < -0.39 is 16.0 Å². The molecule has 3 rings (SSSR count). The van der Waals surface area contributed by atoms with E-state index in [1.54, 1.807) is 42.5 Å². The van der Waals surface area contributed by atoms with Crippen LogP contribution in [0.1, 0.15) is 11.1 Å².